The topological polar surface area (TPSA) is 61.6 Å². The zero-order valence-electron chi connectivity index (χ0n) is 15.1. The molecule has 4 aliphatic rings. The number of piperidine rings is 1. The quantitative estimate of drug-likeness (QED) is 0.635. The van der Waals surface area contributed by atoms with Crippen molar-refractivity contribution < 1.29 is 14.7 Å². The summed E-state index contributed by atoms with van der Waals surface area (Å²) < 4.78 is 0. The van der Waals surface area contributed by atoms with Gasteiger partial charge < -0.3 is 5.11 Å². The lowest BCUT2D eigenvalue weighted by molar-refractivity contribution is 0.0432. The summed E-state index contributed by atoms with van der Waals surface area (Å²) >= 11 is 0. The monoisotopic (exact) mass is 342 g/mol. The van der Waals surface area contributed by atoms with Gasteiger partial charge in [0.15, 0.2) is 5.78 Å². The van der Waals surface area contributed by atoms with E-state index >= 15 is 0 Å². The molecule has 5 rings (SSSR count). The van der Waals surface area contributed by atoms with Crippen molar-refractivity contribution in [3.8, 4) is 5.75 Å². The number of likely N-dealkylation sites (tertiary alicyclic amines) is 1. The van der Waals surface area contributed by atoms with Crippen LogP contribution in [0.25, 0.3) is 0 Å². The van der Waals surface area contributed by atoms with Gasteiger partial charge in [-0.2, -0.15) is 0 Å². The fourth-order valence-corrected chi connectivity index (χ4v) is 5.71. The van der Waals surface area contributed by atoms with Gasteiger partial charge in [-0.15, -0.1) is 0 Å². The fraction of sp³-hybridized carbons (Fsp3) is 0.650. The number of carbonyl (C=O) groups excluding carboxylic acids is 1. The largest absolute Gasteiger partial charge is 0.508 e. The molecule has 2 saturated carbocycles. The molecule has 0 radical (unpaired) electrons. The van der Waals surface area contributed by atoms with Crippen LogP contribution in [0.15, 0.2) is 12.1 Å². The number of hydrogen-bond acceptors (Lipinski definition) is 5. The number of nitrogens with one attached hydrogen (secondary N) is 1. The Kier molecular flexibility index (Phi) is 3.06. The lowest BCUT2D eigenvalue weighted by Crippen LogP contribution is -2.44. The van der Waals surface area contributed by atoms with E-state index in [1.54, 1.807) is 7.05 Å². The second kappa shape index (κ2) is 4.84. The molecule has 5 heteroatoms. The third kappa shape index (κ3) is 1.86. The number of carbonyl (C=O) groups is 1. The van der Waals surface area contributed by atoms with Crippen molar-refractivity contribution in [3.05, 3.63) is 28.8 Å². The molecule has 0 aromatic heterocycles. The van der Waals surface area contributed by atoms with Crippen molar-refractivity contribution >= 4 is 5.78 Å². The van der Waals surface area contributed by atoms with Crippen molar-refractivity contribution in [2.75, 3.05) is 13.6 Å². The number of hydrogen-bond donors (Lipinski definition) is 2. The predicted octanol–water partition coefficient (Wildman–Crippen LogP) is 2.37. The smallest absolute Gasteiger partial charge is 0.185 e. The van der Waals surface area contributed by atoms with Crippen LogP contribution in [0.3, 0.4) is 0 Å². The first-order valence-corrected chi connectivity index (χ1v) is 9.40. The van der Waals surface area contributed by atoms with Gasteiger partial charge in [-0.25, -0.2) is 5.48 Å². The van der Waals surface area contributed by atoms with Crippen LogP contribution >= 0.6 is 0 Å². The molecular weight excluding hydrogens is 316 g/mol. The Morgan fingerprint density at radius 3 is 2.84 bits per heavy atom. The third-order valence-electron chi connectivity index (χ3n) is 7.38. The van der Waals surface area contributed by atoms with Crippen LogP contribution in [0.4, 0.5) is 0 Å². The highest BCUT2D eigenvalue weighted by Gasteiger charge is 2.79. The minimum atomic E-state index is -0.276. The van der Waals surface area contributed by atoms with E-state index in [-0.39, 0.29) is 29.1 Å². The lowest BCUT2D eigenvalue weighted by Gasteiger charge is -2.40. The number of nitrogens with zero attached hydrogens (tertiary/aromatic N) is 1. The van der Waals surface area contributed by atoms with E-state index in [0.29, 0.717) is 17.5 Å². The lowest BCUT2D eigenvalue weighted by atomic mass is 9.66. The Morgan fingerprint density at radius 2 is 2.16 bits per heavy atom. The Morgan fingerprint density at radius 1 is 1.40 bits per heavy atom. The number of aromatic hydroxyl groups is 1. The summed E-state index contributed by atoms with van der Waals surface area (Å²) in [5, 5.41) is 10.4. The summed E-state index contributed by atoms with van der Waals surface area (Å²) in [6.45, 7) is 5.89. The van der Waals surface area contributed by atoms with Crippen LogP contribution in [0.1, 0.15) is 54.6 Å². The molecule has 1 heterocycles. The molecule has 3 fully saturated rings. The minimum Gasteiger partial charge on any atom is -0.508 e. The maximum atomic E-state index is 13.5. The number of benzene rings is 1. The summed E-state index contributed by atoms with van der Waals surface area (Å²) in [7, 11) is 1.69. The average molecular weight is 342 g/mol. The van der Waals surface area contributed by atoms with Crippen molar-refractivity contribution in [2.24, 2.45) is 11.8 Å². The van der Waals surface area contributed by atoms with E-state index in [1.165, 1.54) is 12.8 Å². The molecule has 2 N–H and O–H groups in total. The number of phenols is 1. The number of fused-ring (bicyclic) bond motifs is 3. The Bertz CT molecular complexity index is 774. The predicted molar refractivity (Wildman–Crippen MR) is 93.4 cm³/mol. The van der Waals surface area contributed by atoms with Crippen LogP contribution in [0, 0.1) is 11.8 Å². The molecular formula is C20H26N2O3. The molecule has 3 aliphatic carbocycles. The second-order valence-electron chi connectivity index (χ2n) is 8.70. The normalized spacial score (nSPS) is 40.8. The molecule has 5 nitrogen and oxygen atoms in total. The molecule has 1 aromatic carbocycles. The third-order valence-corrected chi connectivity index (χ3v) is 7.38. The summed E-state index contributed by atoms with van der Waals surface area (Å²) in [6.07, 6.45) is 3.53. The van der Waals surface area contributed by atoms with E-state index in [2.05, 4.69) is 24.2 Å². The van der Waals surface area contributed by atoms with Gasteiger partial charge in [0.05, 0.1) is 6.61 Å². The first-order chi connectivity index (χ1) is 11.9. The second-order valence-corrected chi connectivity index (χ2v) is 8.70. The van der Waals surface area contributed by atoms with Gasteiger partial charge in [0.2, 0.25) is 0 Å². The molecule has 5 atom stereocenters. The molecule has 0 amide bonds. The Labute approximate surface area is 148 Å². The van der Waals surface area contributed by atoms with E-state index < -0.39 is 0 Å². The van der Waals surface area contributed by atoms with Crippen molar-refractivity contribution in [3.63, 3.8) is 0 Å². The maximum absolute atomic E-state index is 13.5. The van der Waals surface area contributed by atoms with Crippen molar-refractivity contribution in [2.45, 2.75) is 56.7 Å². The van der Waals surface area contributed by atoms with E-state index in [4.69, 9.17) is 4.84 Å². The van der Waals surface area contributed by atoms with Crippen LogP contribution in [0.5, 0.6) is 5.75 Å². The van der Waals surface area contributed by atoms with Crippen LogP contribution in [-0.4, -0.2) is 41.0 Å². The Balaban J connectivity index is 1.58. The average Bonchev–Trinajstić information content (AvgIpc) is 3.48. The van der Waals surface area contributed by atoms with E-state index in [9.17, 15) is 9.90 Å². The van der Waals surface area contributed by atoms with E-state index in [1.807, 2.05) is 12.1 Å². The number of Topliss-reactive ketones (excluding diaryl/α,β-unsaturated/α-hetero) is 1. The van der Waals surface area contributed by atoms with Gasteiger partial charge in [0.1, 0.15) is 11.3 Å². The standard InChI is InChI=1S/C20H26N2O3/c1-11-17-20(22(17)8-12-4-5-12)10-19(11,2)15-7-16(23)13(9-25-21-3)6-14(15)18(20)24/h6-7,11-12,17,21,23H,4-5,8-10H2,1-3H3/t11-,17-,19+,20+,22?/m0/s1. The van der Waals surface area contributed by atoms with Gasteiger partial charge in [-0.3, -0.25) is 14.5 Å². The van der Waals surface area contributed by atoms with E-state index in [0.717, 1.165) is 30.0 Å². The Hall–Kier alpha value is -1.43. The van der Waals surface area contributed by atoms with Crippen LogP contribution in [-0.2, 0) is 16.9 Å². The molecule has 25 heavy (non-hydrogen) atoms. The SMILES string of the molecule is CNOCc1cc2c(cc1O)[C@]1(C)C[C@]3(C2=O)[C@H]([C@@H]1C)N3CC1CC1. The molecule has 134 valence electrons. The highest BCUT2D eigenvalue weighted by Crippen LogP contribution is 2.68. The summed E-state index contributed by atoms with van der Waals surface area (Å²) in [4.78, 5) is 21.2. The fourth-order valence-electron chi connectivity index (χ4n) is 5.71. The zero-order valence-corrected chi connectivity index (χ0v) is 15.1. The molecule has 1 saturated heterocycles. The van der Waals surface area contributed by atoms with Crippen LogP contribution in [0.2, 0.25) is 0 Å². The molecule has 1 aromatic rings. The number of ketones is 1. The number of rotatable bonds is 5. The van der Waals surface area contributed by atoms with Gasteiger partial charge in [0.25, 0.3) is 0 Å². The minimum absolute atomic E-state index is 0.0339. The summed E-state index contributed by atoms with van der Waals surface area (Å²) in [5.74, 6) is 1.71. The van der Waals surface area contributed by atoms with Gasteiger partial charge in [-0.1, -0.05) is 13.8 Å². The highest BCUT2D eigenvalue weighted by atomic mass is 16.6. The highest BCUT2D eigenvalue weighted by molar-refractivity contribution is 6.10. The number of hydroxylamine groups is 1. The molecule has 2 bridgehead atoms. The molecule has 1 unspecified atom stereocenters. The van der Waals surface area contributed by atoms with Gasteiger partial charge in [0, 0.05) is 30.8 Å². The molecule has 1 spiro atoms. The summed E-state index contributed by atoms with van der Waals surface area (Å²) in [5.41, 5.74) is 4.81. The van der Waals surface area contributed by atoms with Crippen molar-refractivity contribution in [1.29, 1.82) is 0 Å². The van der Waals surface area contributed by atoms with Gasteiger partial charge >= 0.3 is 0 Å². The van der Waals surface area contributed by atoms with Crippen molar-refractivity contribution in [1.82, 2.24) is 10.4 Å². The summed E-state index contributed by atoms with van der Waals surface area (Å²) in [6, 6.07) is 4.06. The maximum Gasteiger partial charge on any atom is 0.185 e. The molecule has 1 aliphatic heterocycles. The first-order valence-electron chi connectivity index (χ1n) is 9.40. The zero-order chi connectivity index (χ0) is 17.6. The van der Waals surface area contributed by atoms with Gasteiger partial charge in [-0.05, 0) is 54.2 Å². The number of phenolic OH excluding ortho intramolecular Hbond substituents is 1. The first kappa shape index (κ1) is 15.8. The van der Waals surface area contributed by atoms with Crippen LogP contribution < -0.4 is 5.48 Å².